The maximum absolute atomic E-state index is 12.4. The van der Waals surface area contributed by atoms with E-state index in [4.69, 9.17) is 24.2 Å². The number of methoxy groups -OCH3 is 4. The number of esters is 2. The smallest absolute Gasteiger partial charge is 0.348 e. The molecule has 0 saturated heterocycles. The van der Waals surface area contributed by atoms with Gasteiger partial charge >= 0.3 is 11.9 Å². The first-order valence-corrected chi connectivity index (χ1v) is 10.1. The summed E-state index contributed by atoms with van der Waals surface area (Å²) < 4.78 is 26.6. The number of hydrogen-bond donors (Lipinski definition) is 0. The van der Waals surface area contributed by atoms with Crippen LogP contribution in [0.4, 0.5) is 0 Å². The second-order valence-electron chi connectivity index (χ2n) is 6.34. The van der Waals surface area contributed by atoms with E-state index in [0.717, 1.165) is 10.0 Å². The van der Waals surface area contributed by atoms with Gasteiger partial charge in [0.2, 0.25) is 0 Å². The lowest BCUT2D eigenvalue weighted by Gasteiger charge is -2.12. The number of benzene rings is 2. The van der Waals surface area contributed by atoms with Crippen LogP contribution in [0.25, 0.3) is 6.08 Å². The summed E-state index contributed by atoms with van der Waals surface area (Å²) in [6.45, 7) is 0. The van der Waals surface area contributed by atoms with Gasteiger partial charge in [0.1, 0.15) is 11.6 Å². The number of carbonyl (C=O) groups excluding carboxylic acids is 2. The topological polar surface area (TPSA) is 104 Å². The first-order valence-electron chi connectivity index (χ1n) is 9.36. The van der Waals surface area contributed by atoms with E-state index in [1.807, 2.05) is 0 Å². The Morgan fingerprint density at radius 2 is 1.59 bits per heavy atom. The quantitative estimate of drug-likeness (QED) is 0.218. The third-order valence-electron chi connectivity index (χ3n) is 4.40. The Hall–Kier alpha value is -3.51. The average molecular weight is 504 g/mol. The zero-order valence-electron chi connectivity index (χ0n) is 18.1. The molecule has 0 unspecified atom stereocenters. The summed E-state index contributed by atoms with van der Waals surface area (Å²) >= 11 is 3.47. The van der Waals surface area contributed by atoms with Gasteiger partial charge < -0.3 is 23.7 Å². The summed E-state index contributed by atoms with van der Waals surface area (Å²) in [5.74, 6) is 0.437. The Balaban J connectivity index is 2.13. The van der Waals surface area contributed by atoms with Gasteiger partial charge in [-0.3, -0.25) is 4.79 Å². The van der Waals surface area contributed by atoms with Crippen molar-refractivity contribution in [3.05, 3.63) is 51.5 Å². The molecule has 0 atom stereocenters. The van der Waals surface area contributed by atoms with Crippen molar-refractivity contribution in [2.24, 2.45) is 0 Å². The number of ether oxygens (including phenoxy) is 5. The summed E-state index contributed by atoms with van der Waals surface area (Å²) in [5.41, 5.74) is 1.21. The van der Waals surface area contributed by atoms with Gasteiger partial charge in [0.25, 0.3) is 0 Å². The van der Waals surface area contributed by atoms with E-state index in [1.54, 1.807) is 44.6 Å². The minimum atomic E-state index is -0.747. The van der Waals surface area contributed by atoms with Gasteiger partial charge in [-0.15, -0.1) is 0 Å². The molecule has 0 aromatic heterocycles. The highest BCUT2D eigenvalue weighted by atomic mass is 79.9. The average Bonchev–Trinajstić information content (AvgIpc) is 2.81. The molecule has 2 aromatic carbocycles. The predicted octanol–water partition coefficient (Wildman–Crippen LogP) is 4.09. The molecule has 0 aliphatic rings. The van der Waals surface area contributed by atoms with E-state index in [1.165, 1.54) is 26.4 Å². The Labute approximate surface area is 194 Å². The highest BCUT2D eigenvalue weighted by molar-refractivity contribution is 9.10. The van der Waals surface area contributed by atoms with E-state index in [0.29, 0.717) is 23.5 Å². The molecule has 0 spiro atoms. The first-order chi connectivity index (χ1) is 15.4. The van der Waals surface area contributed by atoms with E-state index in [2.05, 4.69) is 20.7 Å². The van der Waals surface area contributed by atoms with Crippen molar-refractivity contribution in [2.45, 2.75) is 12.8 Å². The van der Waals surface area contributed by atoms with Crippen LogP contribution in [-0.4, -0.2) is 40.4 Å². The third-order valence-corrected chi connectivity index (χ3v) is 5.14. The molecule has 0 aliphatic heterocycles. The van der Waals surface area contributed by atoms with Crippen LogP contribution >= 0.6 is 15.9 Å². The van der Waals surface area contributed by atoms with Crippen molar-refractivity contribution >= 4 is 33.9 Å². The second kappa shape index (κ2) is 11.8. The lowest BCUT2D eigenvalue weighted by Crippen LogP contribution is -2.10. The van der Waals surface area contributed by atoms with Gasteiger partial charge in [0, 0.05) is 4.47 Å². The van der Waals surface area contributed by atoms with Crippen LogP contribution in [0.2, 0.25) is 0 Å². The van der Waals surface area contributed by atoms with E-state index >= 15 is 0 Å². The molecule has 32 heavy (non-hydrogen) atoms. The van der Waals surface area contributed by atoms with Crippen molar-refractivity contribution < 1.29 is 33.3 Å². The second-order valence-corrected chi connectivity index (χ2v) is 7.20. The first kappa shape index (κ1) is 24.8. The number of nitrogens with zero attached hydrogens (tertiary/aromatic N) is 1. The monoisotopic (exact) mass is 503 g/mol. The Kier molecular flexibility index (Phi) is 9.10. The van der Waals surface area contributed by atoms with Crippen LogP contribution in [0.1, 0.15) is 17.5 Å². The highest BCUT2D eigenvalue weighted by Gasteiger charge is 2.15. The normalized spacial score (nSPS) is 10.7. The van der Waals surface area contributed by atoms with Gasteiger partial charge in [0.05, 0.1) is 34.9 Å². The van der Waals surface area contributed by atoms with E-state index in [9.17, 15) is 9.59 Å². The minimum Gasteiger partial charge on any atom is -0.493 e. The van der Waals surface area contributed by atoms with Crippen LogP contribution in [0.5, 0.6) is 23.0 Å². The van der Waals surface area contributed by atoms with Gasteiger partial charge in [-0.1, -0.05) is 22.0 Å². The fourth-order valence-corrected chi connectivity index (χ4v) is 3.29. The molecule has 2 aromatic rings. The van der Waals surface area contributed by atoms with Crippen molar-refractivity contribution in [1.82, 2.24) is 0 Å². The molecule has 0 N–H and O–H groups in total. The molecule has 0 heterocycles. The molecule has 168 valence electrons. The number of hydrogen-bond acceptors (Lipinski definition) is 8. The molecule has 0 saturated carbocycles. The summed E-state index contributed by atoms with van der Waals surface area (Å²) in [4.78, 5) is 24.0. The molecule has 2 rings (SSSR count). The van der Waals surface area contributed by atoms with Crippen LogP contribution in [0.15, 0.2) is 40.4 Å². The third kappa shape index (κ3) is 6.25. The number of rotatable bonds is 9. The van der Waals surface area contributed by atoms with E-state index in [-0.39, 0.29) is 23.5 Å². The van der Waals surface area contributed by atoms with E-state index < -0.39 is 11.9 Å². The van der Waals surface area contributed by atoms with Crippen LogP contribution < -0.4 is 18.9 Å². The zero-order chi connectivity index (χ0) is 23.7. The van der Waals surface area contributed by atoms with Crippen LogP contribution in [-0.2, 0) is 20.7 Å². The molecule has 0 bridgehead atoms. The number of nitriles is 1. The maximum atomic E-state index is 12.4. The summed E-state index contributed by atoms with van der Waals surface area (Å²) in [6, 6.07) is 10.0. The van der Waals surface area contributed by atoms with Crippen molar-refractivity contribution in [2.75, 3.05) is 28.4 Å². The lowest BCUT2D eigenvalue weighted by molar-refractivity contribution is -0.136. The lowest BCUT2D eigenvalue weighted by atomic mass is 10.1. The summed E-state index contributed by atoms with van der Waals surface area (Å²) in [6.07, 6.45) is 1.88. The highest BCUT2D eigenvalue weighted by Crippen LogP contribution is 2.34. The molecule has 0 radical (unpaired) electrons. The molecular weight excluding hydrogens is 482 g/mol. The molecule has 0 aliphatic carbocycles. The van der Waals surface area contributed by atoms with Gasteiger partial charge in [-0.25, -0.2) is 4.79 Å². The Morgan fingerprint density at radius 3 is 2.19 bits per heavy atom. The SMILES string of the molecule is COC(=O)/C(C#N)=C/c1ccc(OC(=O)CCc2cc(OC)c(OC)cc2Br)c(OC)c1. The largest absolute Gasteiger partial charge is 0.493 e. The minimum absolute atomic E-state index is 0.111. The molecule has 0 fully saturated rings. The van der Waals surface area contributed by atoms with Crippen molar-refractivity contribution in [1.29, 1.82) is 5.26 Å². The summed E-state index contributed by atoms with van der Waals surface area (Å²) in [7, 11) is 5.70. The van der Waals surface area contributed by atoms with Crippen LogP contribution in [0, 0.1) is 11.3 Å². The van der Waals surface area contributed by atoms with Gasteiger partial charge in [-0.2, -0.15) is 5.26 Å². The standard InChI is InChI=1S/C23H22BrNO7/c1-28-19-10-14(9-16(13-25)23(27)31-4)5-7-18(19)32-22(26)8-6-15-11-20(29-2)21(30-3)12-17(15)24/h5,7,9-12H,6,8H2,1-4H3/b16-9+. The predicted molar refractivity (Wildman–Crippen MR) is 120 cm³/mol. The summed E-state index contributed by atoms with van der Waals surface area (Å²) in [5, 5.41) is 9.09. The van der Waals surface area contributed by atoms with Crippen molar-refractivity contribution in [3.63, 3.8) is 0 Å². The van der Waals surface area contributed by atoms with Crippen LogP contribution in [0.3, 0.4) is 0 Å². The Bertz CT molecular complexity index is 1070. The maximum Gasteiger partial charge on any atom is 0.348 e. The molecule has 9 heteroatoms. The fraction of sp³-hybridized carbons (Fsp3) is 0.261. The Morgan fingerprint density at radius 1 is 0.969 bits per heavy atom. The van der Waals surface area contributed by atoms with Gasteiger partial charge in [-0.05, 0) is 47.9 Å². The van der Waals surface area contributed by atoms with Gasteiger partial charge in [0.15, 0.2) is 23.0 Å². The molecular formula is C23H22BrNO7. The molecule has 0 amide bonds. The zero-order valence-corrected chi connectivity index (χ0v) is 19.6. The number of halogens is 1. The fourth-order valence-electron chi connectivity index (χ4n) is 2.77. The number of aryl methyl sites for hydroxylation is 1. The molecule has 8 nitrogen and oxygen atoms in total. The number of carbonyl (C=O) groups is 2. The van der Waals surface area contributed by atoms with Crippen molar-refractivity contribution in [3.8, 4) is 29.1 Å².